The standard InChI is InChI=1S/C13H10F3N3O/c1-6-8(2-7(17)5-18-6)13(20)19-12-4-10(15)9(14)3-11(12)16/h2-5H,17H2,1H3,(H,19,20). The largest absolute Gasteiger partial charge is 0.397 e. The topological polar surface area (TPSA) is 68.0 Å². The van der Waals surface area contributed by atoms with Crippen molar-refractivity contribution in [3.05, 3.63) is 53.1 Å². The minimum absolute atomic E-state index is 0.120. The summed E-state index contributed by atoms with van der Waals surface area (Å²) in [6.45, 7) is 1.57. The highest BCUT2D eigenvalue weighted by Crippen LogP contribution is 2.20. The van der Waals surface area contributed by atoms with Crippen LogP contribution in [0.2, 0.25) is 0 Å². The fraction of sp³-hybridized carbons (Fsp3) is 0.0769. The molecule has 7 heteroatoms. The lowest BCUT2D eigenvalue weighted by molar-refractivity contribution is 0.102. The third kappa shape index (κ3) is 2.71. The molecule has 3 N–H and O–H groups in total. The Balaban J connectivity index is 2.32. The van der Waals surface area contributed by atoms with Crippen molar-refractivity contribution in [2.75, 3.05) is 11.1 Å². The normalized spacial score (nSPS) is 10.4. The average Bonchev–Trinajstić information content (AvgIpc) is 2.38. The van der Waals surface area contributed by atoms with Crippen LogP contribution in [0.25, 0.3) is 0 Å². The zero-order chi connectivity index (χ0) is 14.9. The van der Waals surface area contributed by atoms with E-state index in [9.17, 15) is 18.0 Å². The SMILES string of the molecule is Cc1ncc(N)cc1C(=O)Nc1cc(F)c(F)cc1F. The van der Waals surface area contributed by atoms with Crippen LogP contribution in [-0.2, 0) is 0 Å². The first-order valence-electron chi connectivity index (χ1n) is 5.56. The minimum atomic E-state index is -1.33. The molecule has 1 aromatic carbocycles. The van der Waals surface area contributed by atoms with Crippen LogP contribution in [0.3, 0.4) is 0 Å². The van der Waals surface area contributed by atoms with E-state index in [1.54, 1.807) is 6.92 Å². The second-order valence-corrected chi connectivity index (χ2v) is 4.10. The summed E-state index contributed by atoms with van der Waals surface area (Å²) in [6, 6.07) is 2.28. The number of carbonyl (C=O) groups excluding carboxylic acids is 1. The summed E-state index contributed by atoms with van der Waals surface area (Å²) in [6.07, 6.45) is 1.37. The van der Waals surface area contributed by atoms with E-state index in [-0.39, 0.29) is 11.3 Å². The number of aromatic nitrogens is 1. The Kier molecular flexibility index (Phi) is 3.60. The Hall–Kier alpha value is -2.57. The van der Waals surface area contributed by atoms with E-state index < -0.39 is 29.0 Å². The molecule has 2 rings (SSSR count). The van der Waals surface area contributed by atoms with Crippen molar-refractivity contribution in [2.45, 2.75) is 6.92 Å². The number of pyridine rings is 1. The molecule has 0 aliphatic heterocycles. The number of aryl methyl sites for hydroxylation is 1. The number of benzene rings is 1. The molecule has 1 heterocycles. The molecule has 0 fully saturated rings. The van der Waals surface area contributed by atoms with E-state index in [4.69, 9.17) is 5.73 Å². The third-order valence-electron chi connectivity index (χ3n) is 2.61. The highest BCUT2D eigenvalue weighted by atomic mass is 19.2. The molecular formula is C13H10F3N3O. The number of rotatable bonds is 2. The zero-order valence-electron chi connectivity index (χ0n) is 10.4. The first-order chi connectivity index (χ1) is 9.38. The lowest BCUT2D eigenvalue weighted by atomic mass is 10.1. The number of amides is 1. The molecular weight excluding hydrogens is 271 g/mol. The van der Waals surface area contributed by atoms with Gasteiger partial charge in [0.1, 0.15) is 5.82 Å². The number of hydrogen-bond acceptors (Lipinski definition) is 3. The van der Waals surface area contributed by atoms with Crippen molar-refractivity contribution >= 4 is 17.3 Å². The van der Waals surface area contributed by atoms with Gasteiger partial charge >= 0.3 is 0 Å². The number of carbonyl (C=O) groups is 1. The molecule has 0 unspecified atom stereocenters. The van der Waals surface area contributed by atoms with Gasteiger partial charge in [0.25, 0.3) is 5.91 Å². The van der Waals surface area contributed by atoms with Crippen molar-refractivity contribution in [1.29, 1.82) is 0 Å². The van der Waals surface area contributed by atoms with Gasteiger partial charge in [0.05, 0.1) is 28.8 Å². The molecule has 0 radical (unpaired) electrons. The summed E-state index contributed by atoms with van der Waals surface area (Å²) in [7, 11) is 0. The van der Waals surface area contributed by atoms with Gasteiger partial charge in [0.2, 0.25) is 0 Å². The Morgan fingerprint density at radius 3 is 2.50 bits per heavy atom. The molecule has 2 aromatic rings. The first-order valence-corrected chi connectivity index (χ1v) is 5.56. The molecule has 0 saturated carbocycles. The van der Waals surface area contributed by atoms with Crippen molar-refractivity contribution in [1.82, 2.24) is 4.98 Å². The summed E-state index contributed by atoms with van der Waals surface area (Å²) in [4.78, 5) is 15.8. The van der Waals surface area contributed by atoms with Crippen LogP contribution in [0, 0.1) is 24.4 Å². The number of nitrogens with zero attached hydrogens (tertiary/aromatic N) is 1. The molecule has 1 aromatic heterocycles. The van der Waals surface area contributed by atoms with Gasteiger partial charge in [-0.1, -0.05) is 0 Å². The van der Waals surface area contributed by atoms with Gasteiger partial charge < -0.3 is 11.1 Å². The fourth-order valence-corrected chi connectivity index (χ4v) is 1.59. The lowest BCUT2D eigenvalue weighted by Gasteiger charge is -2.09. The summed E-state index contributed by atoms with van der Waals surface area (Å²) < 4.78 is 39.2. The smallest absolute Gasteiger partial charge is 0.257 e. The second-order valence-electron chi connectivity index (χ2n) is 4.10. The van der Waals surface area contributed by atoms with Crippen molar-refractivity contribution in [3.63, 3.8) is 0 Å². The number of nitrogen functional groups attached to an aromatic ring is 1. The Morgan fingerprint density at radius 1 is 1.15 bits per heavy atom. The van der Waals surface area contributed by atoms with Crippen LogP contribution in [0.1, 0.15) is 16.1 Å². The third-order valence-corrected chi connectivity index (χ3v) is 2.61. The molecule has 20 heavy (non-hydrogen) atoms. The number of nitrogens with one attached hydrogen (secondary N) is 1. The van der Waals surface area contributed by atoms with E-state index in [2.05, 4.69) is 10.3 Å². The maximum Gasteiger partial charge on any atom is 0.257 e. The van der Waals surface area contributed by atoms with E-state index in [0.717, 1.165) is 0 Å². The second kappa shape index (κ2) is 5.20. The van der Waals surface area contributed by atoms with Crippen molar-refractivity contribution in [3.8, 4) is 0 Å². The summed E-state index contributed by atoms with van der Waals surface area (Å²) >= 11 is 0. The van der Waals surface area contributed by atoms with Gasteiger partial charge in [-0.25, -0.2) is 13.2 Å². The molecule has 0 bridgehead atoms. The number of halogens is 3. The molecule has 1 amide bonds. The van der Waals surface area contributed by atoms with E-state index in [1.807, 2.05) is 0 Å². The Morgan fingerprint density at radius 2 is 1.80 bits per heavy atom. The molecule has 0 spiro atoms. The van der Waals surface area contributed by atoms with Crippen LogP contribution >= 0.6 is 0 Å². The summed E-state index contributed by atoms with van der Waals surface area (Å²) in [5, 5.41) is 2.15. The van der Waals surface area contributed by atoms with E-state index in [1.165, 1.54) is 12.3 Å². The zero-order valence-corrected chi connectivity index (χ0v) is 10.4. The van der Waals surface area contributed by atoms with Crippen LogP contribution in [0.15, 0.2) is 24.4 Å². The highest BCUT2D eigenvalue weighted by molar-refractivity contribution is 6.05. The number of hydrogen-bond donors (Lipinski definition) is 2. The van der Waals surface area contributed by atoms with Gasteiger partial charge in [0.15, 0.2) is 11.6 Å². The predicted molar refractivity (Wildman–Crippen MR) is 67.7 cm³/mol. The summed E-state index contributed by atoms with van der Waals surface area (Å²) in [5.74, 6) is -4.38. The molecule has 4 nitrogen and oxygen atoms in total. The van der Waals surface area contributed by atoms with Gasteiger partial charge in [-0.15, -0.1) is 0 Å². The van der Waals surface area contributed by atoms with Crippen LogP contribution < -0.4 is 11.1 Å². The number of nitrogens with two attached hydrogens (primary N) is 1. The number of anilines is 2. The maximum absolute atomic E-state index is 13.4. The minimum Gasteiger partial charge on any atom is -0.397 e. The molecule has 0 atom stereocenters. The van der Waals surface area contributed by atoms with Crippen LogP contribution in [-0.4, -0.2) is 10.9 Å². The molecule has 0 aliphatic carbocycles. The lowest BCUT2D eigenvalue weighted by Crippen LogP contribution is -2.16. The van der Waals surface area contributed by atoms with Gasteiger partial charge in [-0.05, 0) is 13.0 Å². The van der Waals surface area contributed by atoms with E-state index in [0.29, 0.717) is 17.8 Å². The molecule has 0 aliphatic rings. The van der Waals surface area contributed by atoms with E-state index >= 15 is 0 Å². The Labute approximate surface area is 112 Å². The summed E-state index contributed by atoms with van der Waals surface area (Å²) in [5.41, 5.74) is 5.79. The predicted octanol–water partition coefficient (Wildman–Crippen LogP) is 2.64. The average molecular weight is 281 g/mol. The first kappa shape index (κ1) is 13.9. The van der Waals surface area contributed by atoms with Crippen molar-refractivity contribution in [2.24, 2.45) is 0 Å². The van der Waals surface area contributed by atoms with Crippen LogP contribution in [0.4, 0.5) is 24.5 Å². The van der Waals surface area contributed by atoms with Gasteiger partial charge in [-0.2, -0.15) is 0 Å². The van der Waals surface area contributed by atoms with Gasteiger partial charge in [0, 0.05) is 12.1 Å². The molecule has 104 valence electrons. The van der Waals surface area contributed by atoms with Gasteiger partial charge in [-0.3, -0.25) is 9.78 Å². The highest BCUT2D eigenvalue weighted by Gasteiger charge is 2.15. The van der Waals surface area contributed by atoms with Crippen LogP contribution in [0.5, 0.6) is 0 Å². The quantitative estimate of drug-likeness (QED) is 0.831. The monoisotopic (exact) mass is 281 g/mol. The fourth-order valence-electron chi connectivity index (χ4n) is 1.59. The molecule has 0 saturated heterocycles. The Bertz CT molecular complexity index is 689. The van der Waals surface area contributed by atoms with Crippen molar-refractivity contribution < 1.29 is 18.0 Å². The maximum atomic E-state index is 13.4.